The Labute approximate surface area is 163 Å². The summed E-state index contributed by atoms with van der Waals surface area (Å²) in [6.45, 7) is 0.838. The molecule has 9 heteroatoms. The van der Waals surface area contributed by atoms with Gasteiger partial charge in [0.2, 0.25) is 10.0 Å². The number of fused-ring (bicyclic) bond motifs is 1. The van der Waals surface area contributed by atoms with E-state index in [1.807, 2.05) is 34.9 Å². The third-order valence-corrected chi connectivity index (χ3v) is 6.25. The Morgan fingerprint density at radius 1 is 1.14 bits per heavy atom. The summed E-state index contributed by atoms with van der Waals surface area (Å²) in [5.41, 5.74) is 2.72. The summed E-state index contributed by atoms with van der Waals surface area (Å²) in [6.07, 6.45) is 5.63. The first-order chi connectivity index (χ1) is 13.4. The number of hydrogen-bond acceptors (Lipinski definition) is 5. The number of hydrogen-bond donors (Lipinski definition) is 1. The van der Waals surface area contributed by atoms with Crippen LogP contribution in [0, 0.1) is 0 Å². The number of imidazole rings is 1. The molecule has 0 radical (unpaired) electrons. The summed E-state index contributed by atoms with van der Waals surface area (Å²) in [6, 6.07) is 11.4. The molecule has 3 heterocycles. The van der Waals surface area contributed by atoms with Gasteiger partial charge >= 0.3 is 0 Å². The average molecular weight is 399 g/mol. The predicted octanol–water partition coefficient (Wildman–Crippen LogP) is 1.57. The van der Waals surface area contributed by atoms with E-state index in [1.165, 1.54) is 10.6 Å². The maximum absolute atomic E-state index is 12.6. The number of carbonyl (C=O) groups excluding carboxylic acids is 1. The molecule has 1 N–H and O–H groups in total. The van der Waals surface area contributed by atoms with Crippen LogP contribution in [0.2, 0.25) is 0 Å². The molecule has 0 unspecified atom stereocenters. The van der Waals surface area contributed by atoms with Crippen LogP contribution in [-0.2, 0) is 10.0 Å². The summed E-state index contributed by atoms with van der Waals surface area (Å²) in [5.74, 6) is -0.221. The maximum atomic E-state index is 12.6. The molecule has 0 saturated carbocycles. The lowest BCUT2D eigenvalue weighted by molar-refractivity contribution is 0.0923. The molecule has 1 fully saturated rings. The zero-order valence-corrected chi connectivity index (χ0v) is 16.3. The number of carbonyl (C=O) groups is 1. The lowest BCUT2D eigenvalue weighted by Gasteiger charge is -2.30. The van der Waals surface area contributed by atoms with E-state index < -0.39 is 10.0 Å². The normalized spacial score (nSPS) is 16.3. The highest BCUT2D eigenvalue weighted by atomic mass is 32.2. The van der Waals surface area contributed by atoms with Gasteiger partial charge in [-0.3, -0.25) is 9.36 Å². The fourth-order valence-electron chi connectivity index (χ4n) is 3.40. The molecular weight excluding hydrogens is 378 g/mol. The Morgan fingerprint density at radius 2 is 1.86 bits per heavy atom. The van der Waals surface area contributed by atoms with E-state index >= 15 is 0 Å². The van der Waals surface area contributed by atoms with Crippen LogP contribution in [0.5, 0.6) is 0 Å². The first-order valence-corrected chi connectivity index (χ1v) is 10.9. The van der Waals surface area contributed by atoms with E-state index in [2.05, 4.69) is 15.3 Å². The minimum absolute atomic E-state index is 0.0527. The molecule has 146 valence electrons. The van der Waals surface area contributed by atoms with Crippen molar-refractivity contribution in [1.29, 1.82) is 0 Å². The molecule has 0 bridgehead atoms. The topological polar surface area (TPSA) is 97.2 Å². The van der Waals surface area contributed by atoms with Gasteiger partial charge in [-0.05, 0) is 31.0 Å². The number of nitrogens with zero attached hydrogens (tertiary/aromatic N) is 4. The van der Waals surface area contributed by atoms with Gasteiger partial charge in [0.1, 0.15) is 11.8 Å². The highest BCUT2D eigenvalue weighted by molar-refractivity contribution is 7.88. The first-order valence-electron chi connectivity index (χ1n) is 9.06. The van der Waals surface area contributed by atoms with E-state index in [9.17, 15) is 13.2 Å². The number of rotatable bonds is 4. The minimum Gasteiger partial charge on any atom is -0.349 e. The molecule has 0 atom stereocenters. The van der Waals surface area contributed by atoms with Gasteiger partial charge < -0.3 is 5.32 Å². The molecule has 0 spiro atoms. The average Bonchev–Trinajstić information content (AvgIpc) is 3.11. The fraction of sp³-hybridized carbons (Fsp3) is 0.316. The van der Waals surface area contributed by atoms with Crippen LogP contribution < -0.4 is 5.32 Å². The summed E-state index contributed by atoms with van der Waals surface area (Å²) < 4.78 is 26.5. The number of aromatic nitrogens is 3. The number of benzene rings is 1. The molecular formula is C19H21N5O3S. The second-order valence-electron chi connectivity index (χ2n) is 6.93. The Kier molecular flexibility index (Phi) is 4.86. The van der Waals surface area contributed by atoms with Crippen molar-refractivity contribution in [3.05, 3.63) is 54.5 Å². The molecule has 1 aliphatic rings. The van der Waals surface area contributed by atoms with Crippen molar-refractivity contribution in [1.82, 2.24) is 24.2 Å². The molecule has 2 aromatic heterocycles. The first kappa shape index (κ1) is 18.6. The summed E-state index contributed by atoms with van der Waals surface area (Å²) in [5, 5.41) is 2.98. The molecule has 4 rings (SSSR count). The van der Waals surface area contributed by atoms with E-state index in [-0.39, 0.29) is 11.9 Å². The van der Waals surface area contributed by atoms with E-state index in [4.69, 9.17) is 0 Å². The van der Waals surface area contributed by atoms with Gasteiger partial charge in [-0.1, -0.05) is 18.2 Å². The van der Waals surface area contributed by atoms with Crippen LogP contribution in [0.1, 0.15) is 23.2 Å². The largest absolute Gasteiger partial charge is 0.349 e. The van der Waals surface area contributed by atoms with Crippen molar-refractivity contribution >= 4 is 27.1 Å². The van der Waals surface area contributed by atoms with Gasteiger partial charge in [0.05, 0.1) is 11.8 Å². The standard InChI is InChI=1S/C19H21N5O3S/c1-28(26,27)23-9-7-15(8-10-23)22-19(25)14-11-17-18(20-12-14)24(13-21-17)16-5-3-2-4-6-16/h2-6,11-13,15H,7-10H2,1H3,(H,22,25). The van der Waals surface area contributed by atoms with Crippen LogP contribution >= 0.6 is 0 Å². The Balaban J connectivity index is 1.47. The summed E-state index contributed by atoms with van der Waals surface area (Å²) in [4.78, 5) is 21.4. The van der Waals surface area contributed by atoms with Crippen molar-refractivity contribution in [2.24, 2.45) is 0 Å². The van der Waals surface area contributed by atoms with Crippen LogP contribution in [0.4, 0.5) is 0 Å². The van der Waals surface area contributed by atoms with Gasteiger partial charge in [0, 0.05) is 31.0 Å². The quantitative estimate of drug-likeness (QED) is 0.718. The number of sulfonamides is 1. The molecule has 1 aromatic carbocycles. The van der Waals surface area contributed by atoms with Gasteiger partial charge in [-0.25, -0.2) is 22.7 Å². The molecule has 28 heavy (non-hydrogen) atoms. The third-order valence-electron chi connectivity index (χ3n) is 4.94. The molecule has 1 aliphatic heterocycles. The maximum Gasteiger partial charge on any atom is 0.253 e. The van der Waals surface area contributed by atoms with Gasteiger partial charge in [0.15, 0.2) is 5.65 Å². The lowest BCUT2D eigenvalue weighted by atomic mass is 10.1. The van der Waals surface area contributed by atoms with Crippen molar-refractivity contribution < 1.29 is 13.2 Å². The predicted molar refractivity (Wildman–Crippen MR) is 106 cm³/mol. The zero-order chi connectivity index (χ0) is 19.7. The number of piperidine rings is 1. The molecule has 3 aromatic rings. The second kappa shape index (κ2) is 7.33. The molecule has 8 nitrogen and oxygen atoms in total. The monoisotopic (exact) mass is 399 g/mol. The van der Waals surface area contributed by atoms with E-state index in [0.717, 1.165) is 5.69 Å². The van der Waals surface area contributed by atoms with Crippen LogP contribution in [0.15, 0.2) is 48.9 Å². The lowest BCUT2D eigenvalue weighted by Crippen LogP contribution is -2.46. The van der Waals surface area contributed by atoms with Crippen molar-refractivity contribution in [3.8, 4) is 5.69 Å². The molecule has 1 amide bonds. The van der Waals surface area contributed by atoms with Gasteiger partial charge in [-0.15, -0.1) is 0 Å². The minimum atomic E-state index is -3.17. The number of nitrogens with one attached hydrogen (secondary N) is 1. The SMILES string of the molecule is CS(=O)(=O)N1CCC(NC(=O)c2cnc3c(c2)ncn3-c2ccccc2)CC1. The van der Waals surface area contributed by atoms with Crippen molar-refractivity contribution in [2.75, 3.05) is 19.3 Å². The van der Waals surface area contributed by atoms with Crippen LogP contribution in [0.3, 0.4) is 0 Å². The van der Waals surface area contributed by atoms with Crippen LogP contribution in [-0.4, -0.2) is 58.6 Å². The molecule has 0 aliphatic carbocycles. The van der Waals surface area contributed by atoms with Gasteiger partial charge in [0.25, 0.3) is 5.91 Å². The number of amides is 1. The third kappa shape index (κ3) is 3.76. The Morgan fingerprint density at radius 3 is 2.54 bits per heavy atom. The van der Waals surface area contributed by atoms with Crippen molar-refractivity contribution in [3.63, 3.8) is 0 Å². The zero-order valence-electron chi connectivity index (χ0n) is 15.4. The van der Waals surface area contributed by atoms with Crippen molar-refractivity contribution in [2.45, 2.75) is 18.9 Å². The summed E-state index contributed by atoms with van der Waals surface area (Å²) >= 11 is 0. The van der Waals surface area contributed by atoms with Crippen LogP contribution in [0.25, 0.3) is 16.9 Å². The fourth-order valence-corrected chi connectivity index (χ4v) is 4.28. The van der Waals surface area contributed by atoms with E-state index in [1.54, 1.807) is 18.6 Å². The Hall–Kier alpha value is -2.78. The van der Waals surface area contributed by atoms with E-state index in [0.29, 0.717) is 42.7 Å². The van der Waals surface area contributed by atoms with Gasteiger partial charge in [-0.2, -0.15) is 0 Å². The highest BCUT2D eigenvalue weighted by Gasteiger charge is 2.26. The highest BCUT2D eigenvalue weighted by Crippen LogP contribution is 2.18. The number of para-hydroxylation sites is 1. The number of pyridine rings is 1. The smallest absolute Gasteiger partial charge is 0.253 e. The summed E-state index contributed by atoms with van der Waals surface area (Å²) in [7, 11) is -3.17. The second-order valence-corrected chi connectivity index (χ2v) is 8.91. The Bertz CT molecular complexity index is 1100. The molecule has 1 saturated heterocycles.